The van der Waals surface area contributed by atoms with Crippen LogP contribution in [0.3, 0.4) is 0 Å². The molecule has 0 aliphatic carbocycles. The van der Waals surface area contributed by atoms with Gasteiger partial charge in [-0.1, -0.05) is 24.3 Å². The van der Waals surface area contributed by atoms with Crippen molar-refractivity contribution in [2.45, 2.75) is 31.5 Å². The average molecular weight is 518 g/mol. The Bertz CT molecular complexity index is 1050. The molecule has 2 aliphatic heterocycles. The fourth-order valence-electron chi connectivity index (χ4n) is 4.90. The molecular formula is C27H34F3N5O2. The molecule has 0 atom stereocenters. The first-order valence-corrected chi connectivity index (χ1v) is 12.7. The van der Waals surface area contributed by atoms with Crippen molar-refractivity contribution >= 4 is 23.3 Å². The molecule has 2 fully saturated rings. The van der Waals surface area contributed by atoms with Gasteiger partial charge in [-0.3, -0.25) is 4.79 Å². The van der Waals surface area contributed by atoms with Crippen LogP contribution in [-0.2, 0) is 11.0 Å². The van der Waals surface area contributed by atoms with E-state index in [-0.39, 0.29) is 17.6 Å². The van der Waals surface area contributed by atoms with E-state index in [2.05, 4.69) is 22.2 Å². The van der Waals surface area contributed by atoms with E-state index in [1.54, 1.807) is 4.90 Å². The molecule has 0 aromatic heterocycles. The molecule has 4 rings (SSSR count). The fourth-order valence-corrected chi connectivity index (χ4v) is 4.90. The summed E-state index contributed by atoms with van der Waals surface area (Å²) >= 11 is 0. The third-order valence-electron chi connectivity index (χ3n) is 7.10. The van der Waals surface area contributed by atoms with Crippen molar-refractivity contribution < 1.29 is 22.8 Å². The molecule has 10 heteroatoms. The van der Waals surface area contributed by atoms with Gasteiger partial charge < -0.3 is 24.9 Å². The number of halogens is 3. The van der Waals surface area contributed by atoms with Gasteiger partial charge in [0.2, 0.25) is 5.91 Å². The van der Waals surface area contributed by atoms with Gasteiger partial charge in [0.05, 0.1) is 5.56 Å². The van der Waals surface area contributed by atoms with Gasteiger partial charge in [-0.2, -0.15) is 13.2 Å². The van der Waals surface area contributed by atoms with E-state index < -0.39 is 17.8 Å². The van der Waals surface area contributed by atoms with E-state index in [1.807, 2.05) is 35.2 Å². The summed E-state index contributed by atoms with van der Waals surface area (Å²) in [6.07, 6.45) is -2.87. The first-order chi connectivity index (χ1) is 17.7. The maximum atomic E-state index is 13.4. The van der Waals surface area contributed by atoms with Crippen LogP contribution in [0.1, 0.15) is 24.8 Å². The van der Waals surface area contributed by atoms with Crippen LogP contribution in [0.25, 0.3) is 0 Å². The number of piperazine rings is 1. The summed E-state index contributed by atoms with van der Waals surface area (Å²) in [5, 5.41) is 2.58. The van der Waals surface area contributed by atoms with Gasteiger partial charge in [-0.15, -0.1) is 0 Å². The quantitative estimate of drug-likeness (QED) is 0.618. The first kappa shape index (κ1) is 26.9. The molecule has 0 bridgehead atoms. The molecular weight excluding hydrogens is 483 g/mol. The number of nitrogens with one attached hydrogen (secondary N) is 1. The van der Waals surface area contributed by atoms with Crippen molar-refractivity contribution in [2.24, 2.45) is 0 Å². The predicted molar refractivity (Wildman–Crippen MR) is 138 cm³/mol. The van der Waals surface area contributed by atoms with Crippen molar-refractivity contribution in [2.75, 3.05) is 63.1 Å². The molecule has 2 heterocycles. The summed E-state index contributed by atoms with van der Waals surface area (Å²) in [4.78, 5) is 34.2. The van der Waals surface area contributed by atoms with Crippen LogP contribution in [-0.4, -0.2) is 85.5 Å². The lowest BCUT2D eigenvalue weighted by molar-refractivity contribution is -0.137. The van der Waals surface area contributed by atoms with Crippen LogP contribution in [0.5, 0.6) is 0 Å². The Morgan fingerprint density at radius 2 is 1.62 bits per heavy atom. The topological polar surface area (TPSA) is 59.1 Å². The van der Waals surface area contributed by atoms with Crippen LogP contribution >= 0.6 is 0 Å². The van der Waals surface area contributed by atoms with Crippen molar-refractivity contribution in [3.63, 3.8) is 0 Å². The van der Waals surface area contributed by atoms with Crippen LogP contribution in [0.4, 0.5) is 29.3 Å². The van der Waals surface area contributed by atoms with E-state index >= 15 is 0 Å². The fraction of sp³-hybridized carbons (Fsp3) is 0.481. The number of amides is 3. The number of hydrogen-bond acceptors (Lipinski definition) is 4. The van der Waals surface area contributed by atoms with Gasteiger partial charge >= 0.3 is 12.2 Å². The minimum atomic E-state index is -4.48. The van der Waals surface area contributed by atoms with Crippen LogP contribution in [0.2, 0.25) is 0 Å². The Morgan fingerprint density at radius 3 is 2.27 bits per heavy atom. The third kappa shape index (κ3) is 7.23. The van der Waals surface area contributed by atoms with Gasteiger partial charge in [0.25, 0.3) is 0 Å². The second kappa shape index (κ2) is 12.0. The lowest BCUT2D eigenvalue weighted by Gasteiger charge is -2.39. The van der Waals surface area contributed by atoms with E-state index in [9.17, 15) is 22.8 Å². The minimum absolute atomic E-state index is 0.0556. The molecule has 0 saturated carbocycles. The van der Waals surface area contributed by atoms with Gasteiger partial charge in [-0.05, 0) is 50.2 Å². The zero-order valence-corrected chi connectivity index (χ0v) is 21.1. The average Bonchev–Trinajstić information content (AvgIpc) is 2.89. The highest BCUT2D eigenvalue weighted by molar-refractivity contribution is 5.94. The molecule has 1 N–H and O–H groups in total. The lowest BCUT2D eigenvalue weighted by atomic mass is 10.0. The van der Waals surface area contributed by atoms with Crippen LogP contribution in [0, 0.1) is 0 Å². The van der Waals surface area contributed by atoms with E-state index in [1.165, 1.54) is 12.1 Å². The van der Waals surface area contributed by atoms with Crippen molar-refractivity contribution in [3.8, 4) is 0 Å². The summed E-state index contributed by atoms with van der Waals surface area (Å²) in [6.45, 7) is 5.43. The number of carbonyl (C=O) groups excluding carboxylic acids is 2. The van der Waals surface area contributed by atoms with Crippen molar-refractivity contribution in [1.82, 2.24) is 14.7 Å². The monoisotopic (exact) mass is 517 g/mol. The number of anilines is 2. The second-order valence-corrected chi connectivity index (χ2v) is 9.72. The number of likely N-dealkylation sites (tertiary alicyclic amines) is 1. The zero-order chi connectivity index (χ0) is 26.4. The summed E-state index contributed by atoms with van der Waals surface area (Å²) in [6, 6.07) is 13.7. The predicted octanol–water partition coefficient (Wildman–Crippen LogP) is 4.37. The summed E-state index contributed by atoms with van der Waals surface area (Å²) in [7, 11) is 2.10. The molecule has 0 spiro atoms. The molecule has 2 aromatic carbocycles. The SMILES string of the molecule is CN1CCN(CCC(=O)N(c2ccccc2)C2CCN(C(=O)Nc3cccc(C(F)(F)F)c3)CC2)CC1. The van der Waals surface area contributed by atoms with Crippen LogP contribution in [0.15, 0.2) is 54.6 Å². The lowest BCUT2D eigenvalue weighted by Crippen LogP contribution is -2.51. The van der Waals surface area contributed by atoms with Crippen LogP contribution < -0.4 is 10.2 Å². The molecule has 0 unspecified atom stereocenters. The Hall–Kier alpha value is -3.11. The number of hydrogen-bond donors (Lipinski definition) is 1. The molecule has 2 aromatic rings. The van der Waals surface area contributed by atoms with E-state index in [4.69, 9.17) is 0 Å². The summed E-state index contributed by atoms with van der Waals surface area (Å²) in [5.74, 6) is 0.0667. The normalized spacial score (nSPS) is 18.0. The van der Waals surface area contributed by atoms with Crippen molar-refractivity contribution in [1.29, 1.82) is 0 Å². The Kier molecular flexibility index (Phi) is 8.71. The zero-order valence-electron chi connectivity index (χ0n) is 21.1. The summed E-state index contributed by atoms with van der Waals surface area (Å²) in [5.41, 5.74) is 0.141. The highest BCUT2D eigenvalue weighted by Crippen LogP contribution is 2.31. The molecule has 2 aliphatic rings. The highest BCUT2D eigenvalue weighted by atomic mass is 19.4. The molecule has 0 radical (unpaired) electrons. The maximum Gasteiger partial charge on any atom is 0.416 e. The van der Waals surface area contributed by atoms with Gasteiger partial charge in [0.15, 0.2) is 0 Å². The van der Waals surface area contributed by atoms with Gasteiger partial charge in [0.1, 0.15) is 0 Å². The molecule has 37 heavy (non-hydrogen) atoms. The standard InChI is InChI=1S/C27H34F3N5O2/c1-32-16-18-33(19-17-32)13-12-25(36)35(23-8-3-2-4-9-23)24-10-14-34(15-11-24)26(37)31-22-7-5-6-21(20-22)27(28,29)30/h2-9,20,24H,10-19H2,1H3,(H,31,37). The first-order valence-electron chi connectivity index (χ1n) is 12.7. The van der Waals surface area contributed by atoms with Gasteiger partial charge in [-0.25, -0.2) is 4.79 Å². The molecule has 7 nitrogen and oxygen atoms in total. The number of nitrogens with zero attached hydrogens (tertiary/aromatic N) is 4. The van der Waals surface area contributed by atoms with E-state index in [0.29, 0.717) is 38.9 Å². The minimum Gasteiger partial charge on any atom is -0.324 e. The number of likely N-dealkylation sites (N-methyl/N-ethyl adjacent to an activating group) is 1. The molecule has 3 amide bonds. The largest absolute Gasteiger partial charge is 0.416 e. The van der Waals surface area contributed by atoms with Gasteiger partial charge in [0, 0.05) is 69.7 Å². The second-order valence-electron chi connectivity index (χ2n) is 9.72. The number of rotatable bonds is 6. The maximum absolute atomic E-state index is 13.4. The molecule has 200 valence electrons. The number of benzene rings is 2. The van der Waals surface area contributed by atoms with Crippen molar-refractivity contribution in [3.05, 3.63) is 60.2 Å². The number of urea groups is 1. The molecule has 2 saturated heterocycles. The number of carbonyl (C=O) groups is 2. The smallest absolute Gasteiger partial charge is 0.324 e. The van der Waals surface area contributed by atoms with E-state index in [0.717, 1.165) is 44.0 Å². The Morgan fingerprint density at radius 1 is 0.946 bits per heavy atom. The summed E-state index contributed by atoms with van der Waals surface area (Å²) < 4.78 is 39.0. The third-order valence-corrected chi connectivity index (χ3v) is 7.10. The number of para-hydroxylation sites is 1. The Labute approximate surface area is 215 Å². The Balaban J connectivity index is 1.36. The number of alkyl halides is 3. The highest BCUT2D eigenvalue weighted by Gasteiger charge is 2.32. The number of piperidine rings is 1.